The molecule has 6 N–H and O–H groups in total. The number of fused-ring (bicyclic) bond motifs is 1. The maximum atomic E-state index is 5.50. The number of nitrogens with zero attached hydrogens (tertiary/aromatic N) is 3. The average Bonchev–Trinajstić information content (AvgIpc) is 2.34. The summed E-state index contributed by atoms with van der Waals surface area (Å²) in [5.41, 5.74) is 8.83. The molecule has 0 amide bonds. The fraction of sp³-hybridized carbons (Fsp3) is 0. The van der Waals surface area contributed by atoms with E-state index in [1.54, 1.807) is 0 Å². The van der Waals surface area contributed by atoms with Crippen molar-refractivity contribution in [2.45, 2.75) is 0 Å². The van der Waals surface area contributed by atoms with Gasteiger partial charge < -0.3 is 10.7 Å². The lowest BCUT2D eigenvalue weighted by Gasteiger charge is -2.18. The molecule has 11 heavy (non-hydrogen) atoms. The Bertz CT molecular complexity index is 299. The second-order valence-corrected chi connectivity index (χ2v) is 2.07. The van der Waals surface area contributed by atoms with Crippen LogP contribution in [0, 0.1) is 0 Å². The maximum absolute atomic E-state index is 5.50. The molecule has 0 fully saturated rings. The fourth-order valence-electron chi connectivity index (χ4n) is 0.874. The van der Waals surface area contributed by atoms with Crippen molar-refractivity contribution in [1.82, 2.24) is 15.2 Å². The highest BCUT2D eigenvalue weighted by molar-refractivity contribution is 6.00. The third-order valence-corrected chi connectivity index (χ3v) is 1.33. The molecule has 1 aliphatic rings. The minimum atomic E-state index is 0.318. The number of hydrazine groups is 2. The van der Waals surface area contributed by atoms with Crippen molar-refractivity contribution in [3.63, 3.8) is 0 Å². The van der Waals surface area contributed by atoms with Gasteiger partial charge >= 0.3 is 0 Å². The molecule has 58 valence electrons. The van der Waals surface area contributed by atoms with Gasteiger partial charge in [-0.3, -0.25) is 0 Å². The van der Waals surface area contributed by atoms with Gasteiger partial charge in [-0.15, -0.1) is 10.3 Å². The van der Waals surface area contributed by atoms with Crippen LogP contribution in [0.5, 0.6) is 0 Å². The van der Waals surface area contributed by atoms with E-state index in [0.29, 0.717) is 17.3 Å². The number of hydrogen-bond donors (Lipinski definition) is 4. The van der Waals surface area contributed by atoms with Gasteiger partial charge in [-0.05, 0) is 0 Å². The molecule has 2 rings (SSSR count). The molecule has 0 radical (unpaired) electrons. The molecule has 1 aliphatic heterocycles. The van der Waals surface area contributed by atoms with Crippen molar-refractivity contribution in [3.8, 4) is 0 Å². The number of hydrogen-bond acceptors (Lipinski definition) is 6. The summed E-state index contributed by atoms with van der Waals surface area (Å²) in [6.45, 7) is 0. The van der Waals surface area contributed by atoms with Gasteiger partial charge in [0.1, 0.15) is 5.69 Å². The first kappa shape index (κ1) is 5.98. The minimum absolute atomic E-state index is 0.318. The van der Waals surface area contributed by atoms with Gasteiger partial charge in [0.05, 0.1) is 6.33 Å². The number of rotatable bonds is 0. The van der Waals surface area contributed by atoms with E-state index in [2.05, 4.69) is 20.5 Å². The second kappa shape index (κ2) is 1.86. The van der Waals surface area contributed by atoms with E-state index in [9.17, 15) is 0 Å². The first-order valence-electron chi connectivity index (χ1n) is 2.96. The molecular formula is C4H7N7. The van der Waals surface area contributed by atoms with Crippen LogP contribution in [0.4, 0.5) is 5.82 Å². The largest absolute Gasteiger partial charge is 0.380 e. The Kier molecular flexibility index (Phi) is 1.01. The lowest BCUT2D eigenvalue weighted by atomic mass is 10.4. The van der Waals surface area contributed by atoms with Crippen LogP contribution < -0.4 is 17.0 Å². The quantitative estimate of drug-likeness (QED) is 0.341. The lowest BCUT2D eigenvalue weighted by molar-refractivity contribution is 0.359. The summed E-state index contributed by atoms with van der Waals surface area (Å²) in [6.07, 6.45) is 1.51. The van der Waals surface area contributed by atoms with Crippen LogP contribution in [-0.2, 0) is 0 Å². The molecule has 2 heterocycles. The predicted octanol–water partition coefficient (Wildman–Crippen LogP) is -1.45. The van der Waals surface area contributed by atoms with Gasteiger partial charge in [-0.1, -0.05) is 0 Å². The van der Waals surface area contributed by atoms with Crippen LogP contribution in [0.15, 0.2) is 11.4 Å². The molecule has 0 atom stereocenters. The van der Waals surface area contributed by atoms with Crippen molar-refractivity contribution in [3.05, 3.63) is 12.0 Å². The number of anilines is 1. The van der Waals surface area contributed by atoms with Crippen LogP contribution in [0.3, 0.4) is 0 Å². The smallest absolute Gasteiger partial charge is 0.176 e. The Morgan fingerprint density at radius 1 is 1.55 bits per heavy atom. The molecule has 0 aromatic carbocycles. The number of imidazole rings is 1. The Morgan fingerprint density at radius 2 is 2.36 bits per heavy atom. The number of hydrazone groups is 1. The average molecular weight is 153 g/mol. The first-order valence-corrected chi connectivity index (χ1v) is 2.96. The van der Waals surface area contributed by atoms with Crippen LogP contribution >= 0.6 is 0 Å². The summed E-state index contributed by atoms with van der Waals surface area (Å²) >= 11 is 0. The summed E-state index contributed by atoms with van der Waals surface area (Å²) in [7, 11) is 0. The highest BCUT2D eigenvalue weighted by atomic mass is 15.8. The predicted molar refractivity (Wildman–Crippen MR) is 39.0 cm³/mol. The van der Waals surface area contributed by atoms with Gasteiger partial charge in [0, 0.05) is 0 Å². The molecule has 1 aromatic heterocycles. The third kappa shape index (κ3) is 0.783. The lowest BCUT2D eigenvalue weighted by Crippen LogP contribution is -2.38. The zero-order valence-corrected chi connectivity index (χ0v) is 5.57. The van der Waals surface area contributed by atoms with Gasteiger partial charge in [-0.2, -0.15) is 0 Å². The van der Waals surface area contributed by atoms with E-state index in [1.807, 2.05) is 0 Å². The normalized spacial score (nSPS) is 15.4. The number of H-pyrrole nitrogens is 1. The summed E-state index contributed by atoms with van der Waals surface area (Å²) in [4.78, 5) is 6.72. The molecule has 0 saturated carbocycles. The SMILES string of the molecule is NC1=NN(N)Nc2nc[nH]c21. The highest BCUT2D eigenvalue weighted by Gasteiger charge is 2.15. The van der Waals surface area contributed by atoms with Crippen LogP contribution in [0.25, 0.3) is 0 Å². The summed E-state index contributed by atoms with van der Waals surface area (Å²) in [6, 6.07) is 0. The van der Waals surface area contributed by atoms with Gasteiger partial charge in [0.15, 0.2) is 11.7 Å². The summed E-state index contributed by atoms with van der Waals surface area (Å²) in [5.74, 6) is 6.20. The van der Waals surface area contributed by atoms with Crippen molar-refractivity contribution in [2.24, 2.45) is 16.7 Å². The number of aromatic nitrogens is 2. The molecule has 0 spiro atoms. The topological polar surface area (TPSA) is 108 Å². The van der Waals surface area contributed by atoms with Crippen molar-refractivity contribution in [1.29, 1.82) is 0 Å². The van der Waals surface area contributed by atoms with E-state index in [-0.39, 0.29) is 0 Å². The first-order chi connectivity index (χ1) is 5.27. The van der Waals surface area contributed by atoms with Crippen molar-refractivity contribution in [2.75, 3.05) is 5.43 Å². The summed E-state index contributed by atoms with van der Waals surface area (Å²) < 4.78 is 0. The van der Waals surface area contributed by atoms with E-state index in [0.717, 1.165) is 5.23 Å². The Morgan fingerprint density at radius 3 is 3.18 bits per heavy atom. The van der Waals surface area contributed by atoms with Crippen molar-refractivity contribution >= 4 is 11.7 Å². The zero-order valence-electron chi connectivity index (χ0n) is 5.57. The van der Waals surface area contributed by atoms with Gasteiger partial charge in [0.2, 0.25) is 0 Å². The van der Waals surface area contributed by atoms with Crippen LogP contribution in [0.1, 0.15) is 5.69 Å². The Balaban J connectivity index is 2.50. The molecular weight excluding hydrogens is 146 g/mol. The third-order valence-electron chi connectivity index (χ3n) is 1.33. The second-order valence-electron chi connectivity index (χ2n) is 2.07. The monoisotopic (exact) mass is 153 g/mol. The van der Waals surface area contributed by atoms with Gasteiger partial charge in [0.25, 0.3) is 0 Å². The zero-order chi connectivity index (χ0) is 7.84. The van der Waals surface area contributed by atoms with E-state index < -0.39 is 0 Å². The standard InChI is InChI=1S/C4H7N7/c5-3-2-4(8-1-7-2)10-11(6)9-3/h1,10H,6H2,(H2,5,9)(H,7,8). The molecule has 0 saturated heterocycles. The summed E-state index contributed by atoms with van der Waals surface area (Å²) in [5, 5.41) is 4.73. The number of amidine groups is 1. The molecule has 0 aliphatic carbocycles. The highest BCUT2D eigenvalue weighted by Crippen LogP contribution is 2.12. The Hall–Kier alpha value is -1.76. The molecule has 0 bridgehead atoms. The number of nitrogens with two attached hydrogens (primary N) is 2. The van der Waals surface area contributed by atoms with Gasteiger partial charge in [-0.25, -0.2) is 16.3 Å². The molecule has 0 unspecified atom stereocenters. The minimum Gasteiger partial charge on any atom is -0.380 e. The van der Waals surface area contributed by atoms with E-state index in [1.165, 1.54) is 6.33 Å². The number of aromatic amines is 1. The molecule has 7 heteroatoms. The fourth-order valence-corrected chi connectivity index (χ4v) is 0.874. The van der Waals surface area contributed by atoms with Crippen LogP contribution in [0.2, 0.25) is 0 Å². The number of nitrogens with one attached hydrogen (secondary N) is 2. The molecule has 1 aromatic rings. The van der Waals surface area contributed by atoms with Crippen LogP contribution in [-0.4, -0.2) is 21.0 Å². The van der Waals surface area contributed by atoms with E-state index in [4.69, 9.17) is 11.6 Å². The maximum Gasteiger partial charge on any atom is 0.176 e. The van der Waals surface area contributed by atoms with E-state index >= 15 is 0 Å². The molecule has 7 nitrogen and oxygen atoms in total. The Labute approximate surface area is 62.0 Å². The van der Waals surface area contributed by atoms with Crippen molar-refractivity contribution < 1.29 is 0 Å².